The van der Waals surface area contributed by atoms with Crippen molar-refractivity contribution in [2.24, 2.45) is 0 Å². The van der Waals surface area contributed by atoms with Gasteiger partial charge in [0.2, 0.25) is 0 Å². The maximum Gasteiger partial charge on any atom is 0.272 e. The van der Waals surface area contributed by atoms with Crippen molar-refractivity contribution in [2.45, 2.75) is 13.5 Å². The Bertz CT molecular complexity index is 1080. The largest absolute Gasteiger partial charge is 0.381 e. The smallest absolute Gasteiger partial charge is 0.272 e. The van der Waals surface area contributed by atoms with Crippen molar-refractivity contribution < 1.29 is 0 Å². The number of benzene rings is 2. The van der Waals surface area contributed by atoms with E-state index in [-0.39, 0.29) is 5.56 Å². The first-order valence-corrected chi connectivity index (χ1v) is 8.95. The molecule has 0 amide bonds. The van der Waals surface area contributed by atoms with Gasteiger partial charge in [-0.25, -0.2) is 5.10 Å². The van der Waals surface area contributed by atoms with Crippen LogP contribution in [0.1, 0.15) is 11.3 Å². The molecule has 5 heteroatoms. The number of hydrogen-bond acceptors (Lipinski definition) is 4. The van der Waals surface area contributed by atoms with Gasteiger partial charge in [-0.1, -0.05) is 30.3 Å². The average Bonchev–Trinajstić information content (AvgIpc) is 3.18. The maximum absolute atomic E-state index is 11.9. The van der Waals surface area contributed by atoms with Gasteiger partial charge in [0.25, 0.3) is 5.56 Å². The second-order valence-electron chi connectivity index (χ2n) is 5.89. The SMILES string of the molecule is Cc1n[nH]c(=O)c2ccc(NCc3ccccc3-c3cccs3)cc12. The zero-order chi connectivity index (χ0) is 17.2. The Hall–Kier alpha value is -2.92. The average molecular weight is 347 g/mol. The molecule has 25 heavy (non-hydrogen) atoms. The molecule has 0 aliphatic rings. The summed E-state index contributed by atoms with van der Waals surface area (Å²) in [4.78, 5) is 13.1. The first-order chi connectivity index (χ1) is 12.2. The van der Waals surface area contributed by atoms with Crippen LogP contribution in [0.5, 0.6) is 0 Å². The van der Waals surface area contributed by atoms with Crippen LogP contribution in [-0.2, 0) is 6.54 Å². The molecule has 0 aliphatic carbocycles. The standard InChI is InChI=1S/C20H17N3OS/c1-13-18-11-15(8-9-17(18)20(24)23-22-13)21-12-14-5-2-3-6-16(14)19-7-4-10-25-19/h2-11,21H,12H2,1H3,(H,23,24). The summed E-state index contributed by atoms with van der Waals surface area (Å²) in [5.74, 6) is 0. The fourth-order valence-electron chi connectivity index (χ4n) is 2.95. The predicted molar refractivity (Wildman–Crippen MR) is 104 cm³/mol. The van der Waals surface area contributed by atoms with Crippen LogP contribution in [0.2, 0.25) is 0 Å². The van der Waals surface area contributed by atoms with Crippen LogP contribution in [-0.4, -0.2) is 10.2 Å². The Morgan fingerprint density at radius 2 is 1.96 bits per heavy atom. The van der Waals surface area contributed by atoms with Gasteiger partial charge in [-0.3, -0.25) is 4.79 Å². The van der Waals surface area contributed by atoms with Crippen molar-refractivity contribution in [3.8, 4) is 10.4 Å². The van der Waals surface area contributed by atoms with Gasteiger partial charge in [0.05, 0.1) is 11.1 Å². The van der Waals surface area contributed by atoms with Crippen molar-refractivity contribution in [1.82, 2.24) is 10.2 Å². The summed E-state index contributed by atoms with van der Waals surface area (Å²) >= 11 is 1.74. The minimum atomic E-state index is -0.157. The van der Waals surface area contributed by atoms with E-state index in [4.69, 9.17) is 0 Å². The van der Waals surface area contributed by atoms with E-state index >= 15 is 0 Å². The molecule has 0 spiro atoms. The molecule has 2 N–H and O–H groups in total. The van der Waals surface area contributed by atoms with Crippen molar-refractivity contribution >= 4 is 27.8 Å². The minimum absolute atomic E-state index is 0.157. The minimum Gasteiger partial charge on any atom is -0.381 e. The molecular weight excluding hydrogens is 330 g/mol. The van der Waals surface area contributed by atoms with E-state index in [0.717, 1.165) is 23.3 Å². The second kappa shape index (κ2) is 6.53. The molecule has 0 bridgehead atoms. The van der Waals surface area contributed by atoms with Gasteiger partial charge in [-0.2, -0.15) is 5.10 Å². The highest BCUT2D eigenvalue weighted by atomic mass is 32.1. The first kappa shape index (κ1) is 15.6. The highest BCUT2D eigenvalue weighted by molar-refractivity contribution is 7.13. The van der Waals surface area contributed by atoms with E-state index in [1.807, 2.05) is 25.1 Å². The van der Waals surface area contributed by atoms with E-state index < -0.39 is 0 Å². The maximum atomic E-state index is 11.9. The number of nitrogens with zero attached hydrogens (tertiary/aromatic N) is 1. The second-order valence-corrected chi connectivity index (χ2v) is 6.83. The summed E-state index contributed by atoms with van der Waals surface area (Å²) in [7, 11) is 0. The van der Waals surface area contributed by atoms with Crippen LogP contribution in [0.15, 0.2) is 64.8 Å². The Balaban J connectivity index is 1.64. The zero-order valence-electron chi connectivity index (χ0n) is 13.7. The number of rotatable bonds is 4. The molecule has 2 aromatic heterocycles. The molecule has 2 heterocycles. The van der Waals surface area contributed by atoms with Gasteiger partial charge in [0.15, 0.2) is 0 Å². The lowest BCUT2D eigenvalue weighted by Crippen LogP contribution is -2.10. The van der Waals surface area contributed by atoms with Crippen LogP contribution in [0.4, 0.5) is 5.69 Å². The lowest BCUT2D eigenvalue weighted by Gasteiger charge is -2.11. The van der Waals surface area contributed by atoms with Crippen LogP contribution >= 0.6 is 11.3 Å². The fourth-order valence-corrected chi connectivity index (χ4v) is 3.74. The van der Waals surface area contributed by atoms with Gasteiger partial charge >= 0.3 is 0 Å². The Morgan fingerprint density at radius 3 is 2.80 bits per heavy atom. The number of anilines is 1. The number of H-pyrrole nitrogens is 1. The molecule has 0 saturated carbocycles. The van der Waals surface area contributed by atoms with Crippen LogP contribution in [0, 0.1) is 6.92 Å². The van der Waals surface area contributed by atoms with E-state index in [2.05, 4.69) is 57.3 Å². The molecule has 4 aromatic rings. The number of aromatic amines is 1. The van der Waals surface area contributed by atoms with Gasteiger partial charge in [0.1, 0.15) is 0 Å². The first-order valence-electron chi connectivity index (χ1n) is 8.07. The number of fused-ring (bicyclic) bond motifs is 1. The quantitative estimate of drug-likeness (QED) is 0.568. The monoisotopic (exact) mass is 347 g/mol. The summed E-state index contributed by atoms with van der Waals surface area (Å²) < 4.78 is 0. The number of aromatic nitrogens is 2. The van der Waals surface area contributed by atoms with Gasteiger partial charge in [-0.05, 0) is 47.7 Å². The highest BCUT2D eigenvalue weighted by Crippen LogP contribution is 2.28. The van der Waals surface area contributed by atoms with Crippen molar-refractivity contribution in [2.75, 3.05) is 5.32 Å². The molecule has 4 rings (SSSR count). The topological polar surface area (TPSA) is 57.8 Å². The predicted octanol–water partition coefficient (Wildman–Crippen LogP) is 4.57. The van der Waals surface area contributed by atoms with Gasteiger partial charge < -0.3 is 5.32 Å². The Morgan fingerprint density at radius 1 is 1.08 bits per heavy atom. The van der Waals surface area contributed by atoms with Crippen LogP contribution in [0.3, 0.4) is 0 Å². The highest BCUT2D eigenvalue weighted by Gasteiger charge is 2.07. The summed E-state index contributed by atoms with van der Waals surface area (Å²) in [6, 6.07) is 18.4. The van der Waals surface area contributed by atoms with Crippen molar-refractivity contribution in [1.29, 1.82) is 0 Å². The third-order valence-corrected chi connectivity index (χ3v) is 5.17. The molecule has 2 aromatic carbocycles. The van der Waals surface area contributed by atoms with E-state index in [0.29, 0.717) is 5.39 Å². The molecule has 4 nitrogen and oxygen atoms in total. The lowest BCUT2D eigenvalue weighted by atomic mass is 10.1. The van der Waals surface area contributed by atoms with Gasteiger partial charge in [-0.15, -0.1) is 11.3 Å². The number of thiophene rings is 1. The molecule has 0 unspecified atom stereocenters. The molecule has 0 saturated heterocycles. The lowest BCUT2D eigenvalue weighted by molar-refractivity contribution is 0.970. The molecular formula is C20H17N3OS. The van der Waals surface area contributed by atoms with E-state index in [1.165, 1.54) is 16.0 Å². The van der Waals surface area contributed by atoms with Crippen LogP contribution < -0.4 is 10.9 Å². The molecule has 0 atom stereocenters. The van der Waals surface area contributed by atoms with Crippen LogP contribution in [0.25, 0.3) is 21.2 Å². The number of aryl methyl sites for hydroxylation is 1. The third-order valence-electron chi connectivity index (χ3n) is 4.27. The Kier molecular flexibility index (Phi) is 4.07. The summed E-state index contributed by atoms with van der Waals surface area (Å²) in [5.41, 5.74) is 4.13. The summed E-state index contributed by atoms with van der Waals surface area (Å²) in [5, 5.41) is 13.7. The third kappa shape index (κ3) is 3.06. The Labute approximate surface area is 149 Å². The summed E-state index contributed by atoms with van der Waals surface area (Å²) in [6.07, 6.45) is 0. The van der Waals surface area contributed by atoms with Crippen molar-refractivity contribution in [3.63, 3.8) is 0 Å². The fraction of sp³-hybridized carbons (Fsp3) is 0.100. The van der Waals surface area contributed by atoms with Gasteiger partial charge in [0, 0.05) is 22.5 Å². The van der Waals surface area contributed by atoms with Crippen molar-refractivity contribution in [3.05, 3.63) is 81.6 Å². The normalized spacial score (nSPS) is 10.9. The molecule has 0 radical (unpaired) electrons. The molecule has 0 fully saturated rings. The zero-order valence-corrected chi connectivity index (χ0v) is 14.6. The number of hydrogen-bond donors (Lipinski definition) is 2. The van der Waals surface area contributed by atoms with E-state index in [1.54, 1.807) is 11.3 Å². The van der Waals surface area contributed by atoms with E-state index in [9.17, 15) is 4.79 Å². The number of nitrogens with one attached hydrogen (secondary N) is 2. The molecule has 124 valence electrons. The summed E-state index contributed by atoms with van der Waals surface area (Å²) in [6.45, 7) is 2.61. The molecule has 0 aliphatic heterocycles.